The van der Waals surface area contributed by atoms with Crippen LogP contribution in [0.1, 0.15) is 6.42 Å². The summed E-state index contributed by atoms with van der Waals surface area (Å²) in [6, 6.07) is 0. The van der Waals surface area contributed by atoms with Gasteiger partial charge in [0.05, 0.1) is 19.8 Å². The molecular weight excluding hydrogens is 246 g/mol. The number of carboxylic acid groups (broad SMARTS) is 1. The van der Waals surface area contributed by atoms with Crippen molar-refractivity contribution in [2.45, 2.75) is 18.1 Å². The minimum Gasteiger partial charge on any atom is -0.479 e. The molecule has 0 spiro atoms. The molecule has 2 N–H and O–H groups in total. The number of hydrogen-bond acceptors (Lipinski definition) is 5. The summed E-state index contributed by atoms with van der Waals surface area (Å²) in [6.45, 7) is 1.03. The molecule has 2 saturated heterocycles. The maximum absolute atomic E-state index is 11.9. The predicted octanol–water partition coefficient (Wildman–Crippen LogP) is -0.522. The van der Waals surface area contributed by atoms with E-state index in [4.69, 9.17) is 9.47 Å². The van der Waals surface area contributed by atoms with Crippen LogP contribution in [0, 0.1) is 0 Å². The smallest absolute Gasteiger partial charge is 0.330 e. The lowest BCUT2D eigenvalue weighted by atomic mass is 9.99. The second-order valence-electron chi connectivity index (χ2n) is 4.11. The molecule has 17 heavy (non-hydrogen) atoms. The Morgan fingerprint density at radius 1 is 1.41 bits per heavy atom. The van der Waals surface area contributed by atoms with Crippen molar-refractivity contribution in [2.75, 3.05) is 31.3 Å². The van der Waals surface area contributed by atoms with E-state index in [-0.39, 0.29) is 6.61 Å². The summed E-state index contributed by atoms with van der Waals surface area (Å²) in [4.78, 5) is 23.1. The van der Waals surface area contributed by atoms with Gasteiger partial charge in [-0.1, -0.05) is 0 Å². The van der Waals surface area contributed by atoms with E-state index in [2.05, 4.69) is 5.32 Å². The highest BCUT2D eigenvalue weighted by atomic mass is 32.2. The monoisotopic (exact) mass is 261 g/mol. The van der Waals surface area contributed by atoms with Crippen LogP contribution in [-0.4, -0.2) is 60.0 Å². The lowest BCUT2D eigenvalue weighted by Gasteiger charge is -2.28. The van der Waals surface area contributed by atoms with Crippen LogP contribution in [0.2, 0.25) is 0 Å². The Morgan fingerprint density at radius 2 is 2.24 bits per heavy atom. The molecule has 0 bridgehead atoms. The van der Waals surface area contributed by atoms with Crippen molar-refractivity contribution in [2.24, 2.45) is 0 Å². The van der Waals surface area contributed by atoms with Crippen molar-refractivity contribution in [1.29, 1.82) is 0 Å². The first-order valence-corrected chi connectivity index (χ1v) is 6.62. The molecule has 2 rings (SSSR count). The molecule has 2 unspecified atom stereocenters. The zero-order valence-corrected chi connectivity index (χ0v) is 10.1. The molecule has 0 aromatic carbocycles. The molecule has 96 valence electrons. The second kappa shape index (κ2) is 5.24. The molecule has 2 aliphatic heterocycles. The number of carbonyl (C=O) groups excluding carboxylic acids is 1. The predicted molar refractivity (Wildman–Crippen MR) is 61.0 cm³/mol. The van der Waals surface area contributed by atoms with Crippen molar-refractivity contribution in [3.05, 3.63) is 0 Å². The quantitative estimate of drug-likeness (QED) is 0.711. The average Bonchev–Trinajstić information content (AvgIpc) is 2.80. The van der Waals surface area contributed by atoms with Gasteiger partial charge in [0, 0.05) is 5.75 Å². The number of carboxylic acids is 1. The fourth-order valence-electron chi connectivity index (χ4n) is 1.84. The largest absolute Gasteiger partial charge is 0.479 e. The maximum Gasteiger partial charge on any atom is 0.330 e. The summed E-state index contributed by atoms with van der Waals surface area (Å²) in [5.74, 6) is -0.224. The van der Waals surface area contributed by atoms with Gasteiger partial charge in [0.25, 0.3) is 5.91 Å². The van der Waals surface area contributed by atoms with E-state index >= 15 is 0 Å². The summed E-state index contributed by atoms with van der Waals surface area (Å²) in [5.41, 5.74) is -1.14. The van der Waals surface area contributed by atoms with Crippen molar-refractivity contribution < 1.29 is 24.2 Å². The lowest BCUT2D eigenvalue weighted by molar-refractivity contribution is -0.155. The van der Waals surface area contributed by atoms with Crippen LogP contribution in [-0.2, 0) is 19.1 Å². The van der Waals surface area contributed by atoms with Crippen molar-refractivity contribution in [3.63, 3.8) is 0 Å². The van der Waals surface area contributed by atoms with Crippen LogP contribution in [0.4, 0.5) is 0 Å². The fourth-order valence-corrected chi connectivity index (χ4v) is 3.17. The van der Waals surface area contributed by atoms with Crippen LogP contribution >= 0.6 is 11.8 Å². The molecule has 2 heterocycles. The molecule has 2 aliphatic rings. The van der Waals surface area contributed by atoms with Gasteiger partial charge in [-0.25, -0.2) is 4.79 Å². The number of thioether (sulfide) groups is 1. The highest BCUT2D eigenvalue weighted by Gasteiger charge is 2.44. The van der Waals surface area contributed by atoms with E-state index in [1.54, 1.807) is 0 Å². The van der Waals surface area contributed by atoms with Gasteiger partial charge in [0.15, 0.2) is 6.10 Å². The van der Waals surface area contributed by atoms with Gasteiger partial charge in [0.2, 0.25) is 0 Å². The van der Waals surface area contributed by atoms with Gasteiger partial charge in [-0.05, 0) is 12.2 Å². The molecular formula is C10H15NO5S. The number of ether oxygens (including phenoxy) is 2. The number of amides is 1. The Hall–Kier alpha value is -0.790. The normalized spacial score (nSPS) is 33.3. The standard InChI is InChI=1S/C10H15NO5S/c12-8(7-5-15-2-3-16-7)11-10(9(13)14)1-4-17-6-10/h7H,1-6H2,(H,11,12)(H,13,14). The van der Waals surface area contributed by atoms with E-state index in [9.17, 15) is 14.7 Å². The topological polar surface area (TPSA) is 84.9 Å². The summed E-state index contributed by atoms with van der Waals surface area (Å²) in [5, 5.41) is 11.8. The highest BCUT2D eigenvalue weighted by molar-refractivity contribution is 7.99. The Morgan fingerprint density at radius 3 is 2.76 bits per heavy atom. The first kappa shape index (κ1) is 12.7. The van der Waals surface area contributed by atoms with Gasteiger partial charge in [-0.2, -0.15) is 11.8 Å². The summed E-state index contributed by atoms with van der Waals surface area (Å²) < 4.78 is 10.4. The summed E-state index contributed by atoms with van der Waals surface area (Å²) in [7, 11) is 0. The molecule has 0 aromatic heterocycles. The first-order chi connectivity index (χ1) is 8.14. The van der Waals surface area contributed by atoms with E-state index in [0.29, 0.717) is 25.4 Å². The zero-order valence-electron chi connectivity index (χ0n) is 9.31. The molecule has 2 fully saturated rings. The van der Waals surface area contributed by atoms with Crippen LogP contribution in [0.3, 0.4) is 0 Å². The molecule has 0 radical (unpaired) electrons. The van der Waals surface area contributed by atoms with Gasteiger partial charge in [0.1, 0.15) is 5.54 Å². The number of rotatable bonds is 3. The number of carbonyl (C=O) groups is 2. The van der Waals surface area contributed by atoms with Gasteiger partial charge < -0.3 is 19.9 Å². The Labute approximate surface area is 103 Å². The van der Waals surface area contributed by atoms with Crippen molar-refractivity contribution in [3.8, 4) is 0 Å². The average molecular weight is 261 g/mol. The van der Waals surface area contributed by atoms with Crippen molar-refractivity contribution >= 4 is 23.6 Å². The Bertz CT molecular complexity index is 310. The second-order valence-corrected chi connectivity index (χ2v) is 5.22. The van der Waals surface area contributed by atoms with E-state index in [0.717, 1.165) is 5.75 Å². The van der Waals surface area contributed by atoms with Gasteiger partial charge in [-0.15, -0.1) is 0 Å². The van der Waals surface area contributed by atoms with E-state index in [1.807, 2.05) is 0 Å². The lowest BCUT2D eigenvalue weighted by Crippen LogP contribution is -2.58. The molecule has 2 atom stereocenters. The van der Waals surface area contributed by atoms with Crippen molar-refractivity contribution in [1.82, 2.24) is 5.32 Å². The minimum atomic E-state index is -1.14. The third-order valence-electron chi connectivity index (χ3n) is 2.90. The van der Waals surface area contributed by atoms with E-state index < -0.39 is 23.5 Å². The third-order valence-corrected chi connectivity index (χ3v) is 4.09. The number of hydrogen-bond donors (Lipinski definition) is 2. The van der Waals surface area contributed by atoms with Crippen LogP contribution < -0.4 is 5.32 Å². The minimum absolute atomic E-state index is 0.189. The molecule has 6 nitrogen and oxygen atoms in total. The van der Waals surface area contributed by atoms with Crippen LogP contribution in [0.25, 0.3) is 0 Å². The van der Waals surface area contributed by atoms with Crippen LogP contribution in [0.15, 0.2) is 0 Å². The molecule has 1 amide bonds. The van der Waals surface area contributed by atoms with Gasteiger partial charge in [-0.3, -0.25) is 4.79 Å². The highest BCUT2D eigenvalue weighted by Crippen LogP contribution is 2.28. The number of nitrogens with one attached hydrogen (secondary N) is 1. The van der Waals surface area contributed by atoms with E-state index in [1.165, 1.54) is 11.8 Å². The Balaban J connectivity index is 1.98. The third kappa shape index (κ3) is 2.72. The van der Waals surface area contributed by atoms with Crippen LogP contribution in [0.5, 0.6) is 0 Å². The Kier molecular flexibility index (Phi) is 3.90. The molecule has 7 heteroatoms. The summed E-state index contributed by atoms with van der Waals surface area (Å²) >= 11 is 1.53. The SMILES string of the molecule is O=C(NC1(C(=O)O)CCSC1)C1COCCO1. The molecule has 0 aromatic rings. The summed E-state index contributed by atoms with van der Waals surface area (Å²) in [6.07, 6.45) is -0.239. The maximum atomic E-state index is 11.9. The molecule has 0 aliphatic carbocycles. The first-order valence-electron chi connectivity index (χ1n) is 5.46. The van der Waals surface area contributed by atoms with Gasteiger partial charge >= 0.3 is 5.97 Å². The zero-order chi connectivity index (χ0) is 12.3. The molecule has 0 saturated carbocycles. The fraction of sp³-hybridized carbons (Fsp3) is 0.800. The number of aliphatic carboxylic acids is 1.